The Morgan fingerprint density at radius 1 is 1.33 bits per heavy atom. The summed E-state index contributed by atoms with van der Waals surface area (Å²) >= 11 is 0. The fourth-order valence-electron chi connectivity index (χ4n) is 1.30. The number of aliphatic hydroxyl groups is 1. The third-order valence-corrected chi connectivity index (χ3v) is 2.19. The van der Waals surface area contributed by atoms with Crippen LogP contribution in [0.2, 0.25) is 0 Å². The summed E-state index contributed by atoms with van der Waals surface area (Å²) in [5, 5.41) is 13.8. The van der Waals surface area contributed by atoms with Crippen LogP contribution in [0.5, 0.6) is 0 Å². The topological polar surface area (TPSA) is 37.6 Å². The second-order valence-corrected chi connectivity index (χ2v) is 4.07. The van der Waals surface area contributed by atoms with Crippen molar-refractivity contribution in [2.75, 3.05) is 32.7 Å². The molecule has 1 rings (SSSR count). The minimum absolute atomic E-state index is 0.519. The Hall–Kier alpha value is -0.120. The van der Waals surface area contributed by atoms with E-state index in [1.807, 2.05) is 13.8 Å². The van der Waals surface area contributed by atoms with Gasteiger partial charge in [-0.2, -0.15) is 0 Å². The highest BCUT2D eigenvalue weighted by Gasteiger charge is 2.16. The number of piperazine rings is 1. The van der Waals surface area contributed by atoms with Crippen molar-refractivity contribution in [1.29, 1.82) is 0 Å². The van der Waals surface area contributed by atoms with Gasteiger partial charge in [-0.05, 0) is 20.3 Å². The first-order valence-corrected chi connectivity index (χ1v) is 4.66. The summed E-state index contributed by atoms with van der Waals surface area (Å²) in [4.78, 5) is 2.37. The molecule has 0 unspecified atom stereocenters. The van der Waals surface area contributed by atoms with E-state index in [2.05, 4.69) is 10.2 Å². The van der Waals surface area contributed by atoms with Gasteiger partial charge in [-0.1, -0.05) is 0 Å². The van der Waals surface area contributed by atoms with Gasteiger partial charge < -0.3 is 10.0 Å². The zero-order chi connectivity index (χ0) is 9.03. The van der Waals surface area contributed by atoms with E-state index < -0.39 is 5.60 Å². The molecule has 12 heavy (non-hydrogen) atoms. The monoisotopic (exact) mass is 171 g/mol. The van der Waals surface area contributed by atoms with Crippen LogP contribution in [0.15, 0.2) is 0 Å². The van der Waals surface area contributed by atoms with E-state index in [-0.39, 0.29) is 0 Å². The largest absolute Gasteiger partial charge is 0.390 e. The Balaban J connectivity index is 2.13. The van der Waals surface area contributed by atoms with Gasteiger partial charge in [0.1, 0.15) is 0 Å². The van der Waals surface area contributed by atoms with E-state index in [1.165, 1.54) is 0 Å². The van der Waals surface area contributed by atoms with Crippen molar-refractivity contribution in [3.63, 3.8) is 0 Å². The molecule has 0 spiro atoms. The molecule has 1 radical (unpaired) electrons. The molecule has 0 amide bonds. The molecule has 3 heteroatoms. The highest BCUT2D eigenvalue weighted by molar-refractivity contribution is 4.72. The highest BCUT2D eigenvalue weighted by atomic mass is 16.3. The molecule has 0 aromatic heterocycles. The standard InChI is InChI=1S/C9H19N2O/c1-9(2,12)3-6-11-7-4-10-5-8-11/h12H,3-8H2,1-2H3. The summed E-state index contributed by atoms with van der Waals surface area (Å²) < 4.78 is 0. The summed E-state index contributed by atoms with van der Waals surface area (Å²) in [6, 6.07) is 0. The van der Waals surface area contributed by atoms with Crippen LogP contribution in [0.1, 0.15) is 20.3 Å². The average Bonchev–Trinajstić information content (AvgIpc) is 2.02. The first kappa shape index (κ1) is 9.96. The van der Waals surface area contributed by atoms with Gasteiger partial charge in [-0.25, -0.2) is 5.32 Å². The molecule has 0 atom stereocenters. The Labute approximate surface area is 74.8 Å². The smallest absolute Gasteiger partial charge is 0.0603 e. The van der Waals surface area contributed by atoms with Crippen LogP contribution in [0.4, 0.5) is 0 Å². The SMILES string of the molecule is CC(C)(O)CCN1CC[N]CC1. The lowest BCUT2D eigenvalue weighted by Crippen LogP contribution is -2.42. The maximum Gasteiger partial charge on any atom is 0.0603 e. The van der Waals surface area contributed by atoms with E-state index in [9.17, 15) is 5.11 Å². The second-order valence-electron chi connectivity index (χ2n) is 4.07. The Morgan fingerprint density at radius 2 is 1.92 bits per heavy atom. The van der Waals surface area contributed by atoms with E-state index in [0.29, 0.717) is 0 Å². The van der Waals surface area contributed by atoms with Crippen molar-refractivity contribution < 1.29 is 5.11 Å². The highest BCUT2D eigenvalue weighted by Crippen LogP contribution is 2.08. The third kappa shape index (κ3) is 4.04. The summed E-state index contributed by atoms with van der Waals surface area (Å²) in [7, 11) is 0. The molecule has 1 saturated heterocycles. The molecule has 1 N–H and O–H groups in total. The minimum Gasteiger partial charge on any atom is -0.390 e. The summed E-state index contributed by atoms with van der Waals surface area (Å²) in [5.41, 5.74) is -0.519. The molecule has 1 heterocycles. The third-order valence-electron chi connectivity index (χ3n) is 2.19. The molecule has 0 aromatic carbocycles. The van der Waals surface area contributed by atoms with E-state index in [1.54, 1.807) is 0 Å². The van der Waals surface area contributed by atoms with Gasteiger partial charge in [0.2, 0.25) is 0 Å². The fourth-order valence-corrected chi connectivity index (χ4v) is 1.30. The van der Waals surface area contributed by atoms with E-state index in [0.717, 1.165) is 39.1 Å². The Kier molecular flexibility index (Phi) is 3.50. The summed E-state index contributed by atoms with van der Waals surface area (Å²) in [6.07, 6.45) is 0.854. The van der Waals surface area contributed by atoms with Crippen LogP contribution in [-0.4, -0.2) is 48.3 Å². The van der Waals surface area contributed by atoms with E-state index in [4.69, 9.17) is 0 Å². The normalized spacial score (nSPS) is 21.2. The van der Waals surface area contributed by atoms with Crippen LogP contribution in [-0.2, 0) is 0 Å². The van der Waals surface area contributed by atoms with Crippen molar-refractivity contribution >= 4 is 0 Å². The molecular weight excluding hydrogens is 152 g/mol. The van der Waals surface area contributed by atoms with Crippen molar-refractivity contribution in [2.45, 2.75) is 25.9 Å². The lowest BCUT2D eigenvalue weighted by Gasteiger charge is -2.28. The van der Waals surface area contributed by atoms with Gasteiger partial charge in [0.25, 0.3) is 0 Å². The number of nitrogens with zero attached hydrogens (tertiary/aromatic N) is 2. The maximum absolute atomic E-state index is 9.50. The predicted molar refractivity (Wildman–Crippen MR) is 49.2 cm³/mol. The molecule has 0 aromatic rings. The van der Waals surface area contributed by atoms with Crippen LogP contribution < -0.4 is 5.32 Å². The van der Waals surface area contributed by atoms with Gasteiger partial charge in [-0.3, -0.25) is 0 Å². The molecule has 0 aliphatic carbocycles. The van der Waals surface area contributed by atoms with Crippen LogP contribution in [0.25, 0.3) is 0 Å². The summed E-state index contributed by atoms with van der Waals surface area (Å²) in [6.45, 7) is 8.78. The Morgan fingerprint density at radius 3 is 2.42 bits per heavy atom. The average molecular weight is 171 g/mol. The first-order valence-electron chi connectivity index (χ1n) is 4.66. The lowest BCUT2D eigenvalue weighted by atomic mass is 10.1. The Bertz CT molecular complexity index is 125. The molecular formula is C9H19N2O. The zero-order valence-electron chi connectivity index (χ0n) is 8.08. The van der Waals surface area contributed by atoms with E-state index >= 15 is 0 Å². The van der Waals surface area contributed by atoms with Gasteiger partial charge in [0.15, 0.2) is 0 Å². The van der Waals surface area contributed by atoms with Crippen LogP contribution >= 0.6 is 0 Å². The van der Waals surface area contributed by atoms with Crippen molar-refractivity contribution in [3.05, 3.63) is 0 Å². The van der Waals surface area contributed by atoms with Crippen molar-refractivity contribution in [3.8, 4) is 0 Å². The maximum atomic E-state index is 9.50. The second kappa shape index (κ2) is 4.21. The first-order chi connectivity index (χ1) is 5.58. The zero-order valence-corrected chi connectivity index (χ0v) is 8.08. The van der Waals surface area contributed by atoms with Gasteiger partial charge >= 0.3 is 0 Å². The number of hydrogen-bond donors (Lipinski definition) is 1. The van der Waals surface area contributed by atoms with Gasteiger partial charge in [0, 0.05) is 32.7 Å². The fraction of sp³-hybridized carbons (Fsp3) is 1.00. The van der Waals surface area contributed by atoms with Crippen molar-refractivity contribution in [1.82, 2.24) is 10.2 Å². The van der Waals surface area contributed by atoms with Gasteiger partial charge in [0.05, 0.1) is 5.60 Å². The molecule has 1 aliphatic heterocycles. The number of hydrogen-bond acceptors (Lipinski definition) is 2. The molecule has 0 saturated carbocycles. The molecule has 0 bridgehead atoms. The lowest BCUT2D eigenvalue weighted by molar-refractivity contribution is 0.0558. The predicted octanol–water partition coefficient (Wildman–Crippen LogP) is 0.0674. The number of rotatable bonds is 3. The quantitative estimate of drug-likeness (QED) is 0.652. The van der Waals surface area contributed by atoms with Crippen LogP contribution in [0.3, 0.4) is 0 Å². The van der Waals surface area contributed by atoms with Gasteiger partial charge in [-0.15, -0.1) is 0 Å². The minimum atomic E-state index is -0.519. The molecule has 1 aliphatic rings. The molecule has 3 nitrogen and oxygen atoms in total. The van der Waals surface area contributed by atoms with Crippen molar-refractivity contribution in [2.24, 2.45) is 0 Å². The van der Waals surface area contributed by atoms with Crippen LogP contribution in [0, 0.1) is 0 Å². The molecule has 71 valence electrons. The molecule has 1 fully saturated rings. The summed E-state index contributed by atoms with van der Waals surface area (Å²) in [5.74, 6) is 0.